The number of rotatable bonds is 5. The molecule has 0 radical (unpaired) electrons. The summed E-state index contributed by atoms with van der Waals surface area (Å²) in [5, 5.41) is 0. The van der Waals surface area contributed by atoms with E-state index in [1.165, 1.54) is 39.1 Å². The lowest BCUT2D eigenvalue weighted by molar-refractivity contribution is 0.866. The van der Waals surface area contributed by atoms with Gasteiger partial charge in [0.15, 0.2) is 0 Å². The Bertz CT molecular complexity index is 839. The maximum absolute atomic E-state index is 2.39. The molecule has 0 aromatic heterocycles. The van der Waals surface area contributed by atoms with E-state index >= 15 is 0 Å². The fourth-order valence-corrected chi connectivity index (χ4v) is 3.65. The lowest BCUT2D eigenvalue weighted by Gasteiger charge is -2.22. The van der Waals surface area contributed by atoms with E-state index in [0.29, 0.717) is 0 Å². The van der Waals surface area contributed by atoms with Gasteiger partial charge < -0.3 is 4.90 Å². The molecule has 1 heteroatoms. The minimum atomic E-state index is 1.03. The van der Waals surface area contributed by atoms with Crippen molar-refractivity contribution in [3.63, 3.8) is 0 Å². The third-order valence-electron chi connectivity index (χ3n) is 4.96. The highest BCUT2D eigenvalue weighted by molar-refractivity contribution is 5.87. The Balaban J connectivity index is 2.16. The Morgan fingerprint density at radius 3 is 1.92 bits per heavy atom. The Hall–Kier alpha value is -2.54. The molecule has 0 fully saturated rings. The van der Waals surface area contributed by atoms with Crippen molar-refractivity contribution in [1.82, 2.24) is 0 Å². The van der Waals surface area contributed by atoms with Gasteiger partial charge in [0, 0.05) is 18.8 Å². The first-order chi connectivity index (χ1) is 12.2. The molecule has 0 saturated heterocycles. The summed E-state index contributed by atoms with van der Waals surface area (Å²) in [4.78, 5) is 2.39. The van der Waals surface area contributed by atoms with Crippen molar-refractivity contribution in [3.05, 3.63) is 77.9 Å². The van der Waals surface area contributed by atoms with Crippen molar-refractivity contribution in [3.8, 4) is 22.3 Å². The zero-order chi connectivity index (χ0) is 17.8. The van der Waals surface area contributed by atoms with E-state index < -0.39 is 0 Å². The predicted octanol–water partition coefficient (Wildman–Crippen LogP) is 6.48. The molecule has 3 rings (SSSR count). The van der Waals surface area contributed by atoms with Gasteiger partial charge in [0.1, 0.15) is 0 Å². The van der Waals surface area contributed by atoms with E-state index in [1.807, 2.05) is 0 Å². The highest BCUT2D eigenvalue weighted by Gasteiger charge is 2.12. The van der Waals surface area contributed by atoms with Gasteiger partial charge >= 0.3 is 0 Å². The van der Waals surface area contributed by atoms with Crippen LogP contribution in [0, 0.1) is 13.8 Å². The van der Waals surface area contributed by atoms with Crippen LogP contribution in [0.2, 0.25) is 0 Å². The number of hydrogen-bond donors (Lipinski definition) is 0. The summed E-state index contributed by atoms with van der Waals surface area (Å²) in [7, 11) is 0. The fourth-order valence-electron chi connectivity index (χ4n) is 3.65. The number of benzene rings is 3. The zero-order valence-electron chi connectivity index (χ0n) is 15.7. The average Bonchev–Trinajstić information content (AvgIpc) is 2.63. The summed E-state index contributed by atoms with van der Waals surface area (Å²) >= 11 is 0. The molecule has 25 heavy (non-hydrogen) atoms. The Labute approximate surface area is 151 Å². The van der Waals surface area contributed by atoms with Crippen LogP contribution in [0.5, 0.6) is 0 Å². The second-order valence-corrected chi connectivity index (χ2v) is 6.54. The summed E-state index contributed by atoms with van der Waals surface area (Å²) in [6, 6.07) is 24.2. The van der Waals surface area contributed by atoms with Crippen LogP contribution in [-0.2, 0) is 0 Å². The molecule has 3 aromatic rings. The molecular weight excluding hydrogens is 302 g/mol. The molecule has 0 spiro atoms. The van der Waals surface area contributed by atoms with Crippen LogP contribution < -0.4 is 4.90 Å². The van der Waals surface area contributed by atoms with Gasteiger partial charge in [-0.2, -0.15) is 0 Å². The van der Waals surface area contributed by atoms with Crippen molar-refractivity contribution in [2.75, 3.05) is 18.0 Å². The van der Waals surface area contributed by atoms with Gasteiger partial charge in [-0.1, -0.05) is 54.6 Å². The third-order valence-corrected chi connectivity index (χ3v) is 4.96. The van der Waals surface area contributed by atoms with Crippen molar-refractivity contribution in [2.45, 2.75) is 27.7 Å². The number of anilines is 1. The summed E-state index contributed by atoms with van der Waals surface area (Å²) in [5.74, 6) is 0. The SMILES string of the molecule is CCN(CC)c1cccc(-c2ccccc2-c2c(C)cccc2C)c1. The maximum Gasteiger partial charge on any atom is 0.0372 e. The van der Waals surface area contributed by atoms with E-state index in [0.717, 1.165) is 13.1 Å². The maximum atomic E-state index is 2.39. The van der Waals surface area contributed by atoms with E-state index in [1.54, 1.807) is 0 Å². The molecule has 0 heterocycles. The number of nitrogens with zero attached hydrogens (tertiary/aromatic N) is 1. The highest BCUT2D eigenvalue weighted by Crippen LogP contribution is 2.36. The van der Waals surface area contributed by atoms with E-state index in [4.69, 9.17) is 0 Å². The van der Waals surface area contributed by atoms with Crippen LogP contribution in [0.4, 0.5) is 5.69 Å². The van der Waals surface area contributed by atoms with Gasteiger partial charge in [0.25, 0.3) is 0 Å². The van der Waals surface area contributed by atoms with Gasteiger partial charge in [-0.15, -0.1) is 0 Å². The molecule has 3 aromatic carbocycles. The zero-order valence-corrected chi connectivity index (χ0v) is 15.7. The highest BCUT2D eigenvalue weighted by atomic mass is 15.1. The molecule has 0 N–H and O–H groups in total. The molecule has 0 bridgehead atoms. The molecule has 1 nitrogen and oxygen atoms in total. The summed E-state index contributed by atoms with van der Waals surface area (Å²) in [5.41, 5.74) is 9.19. The molecule has 0 unspecified atom stereocenters. The van der Waals surface area contributed by atoms with Gasteiger partial charge in [0.2, 0.25) is 0 Å². The van der Waals surface area contributed by atoms with Gasteiger partial charge in [0.05, 0.1) is 0 Å². The summed E-state index contributed by atoms with van der Waals surface area (Å²) < 4.78 is 0. The smallest absolute Gasteiger partial charge is 0.0372 e. The largest absolute Gasteiger partial charge is 0.372 e. The second-order valence-electron chi connectivity index (χ2n) is 6.54. The van der Waals surface area contributed by atoms with E-state index in [9.17, 15) is 0 Å². The average molecular weight is 329 g/mol. The first kappa shape index (κ1) is 17.3. The van der Waals surface area contributed by atoms with Gasteiger partial charge in [-0.3, -0.25) is 0 Å². The van der Waals surface area contributed by atoms with Crippen LogP contribution in [0.1, 0.15) is 25.0 Å². The third kappa shape index (κ3) is 3.46. The summed E-state index contributed by atoms with van der Waals surface area (Å²) in [6.07, 6.45) is 0. The van der Waals surface area contributed by atoms with Crippen LogP contribution in [0.25, 0.3) is 22.3 Å². The lowest BCUT2D eigenvalue weighted by atomic mass is 9.89. The van der Waals surface area contributed by atoms with Crippen molar-refractivity contribution in [2.24, 2.45) is 0 Å². The van der Waals surface area contributed by atoms with E-state index in [2.05, 4.69) is 99.3 Å². The first-order valence-corrected chi connectivity index (χ1v) is 9.16. The van der Waals surface area contributed by atoms with Gasteiger partial charge in [-0.05, 0) is 73.2 Å². The molecule has 0 aliphatic heterocycles. The van der Waals surface area contributed by atoms with Crippen LogP contribution >= 0.6 is 0 Å². The molecule has 0 aliphatic rings. The lowest BCUT2D eigenvalue weighted by Crippen LogP contribution is -2.21. The normalized spacial score (nSPS) is 10.7. The van der Waals surface area contributed by atoms with Crippen molar-refractivity contribution in [1.29, 1.82) is 0 Å². The second kappa shape index (κ2) is 7.57. The summed E-state index contributed by atoms with van der Waals surface area (Å²) in [6.45, 7) is 10.9. The molecular formula is C24H27N. The standard InChI is InChI=1S/C24H27N/c1-5-25(6-2)21-14-10-13-20(17-21)22-15-7-8-16-23(22)24-18(3)11-9-12-19(24)4/h7-17H,5-6H2,1-4H3. The number of aryl methyl sites for hydroxylation is 2. The minimum Gasteiger partial charge on any atom is -0.372 e. The van der Waals surface area contributed by atoms with Crippen molar-refractivity contribution >= 4 is 5.69 Å². The number of hydrogen-bond acceptors (Lipinski definition) is 1. The Kier molecular flexibility index (Phi) is 5.23. The predicted molar refractivity (Wildman–Crippen MR) is 110 cm³/mol. The van der Waals surface area contributed by atoms with Crippen LogP contribution in [0.3, 0.4) is 0 Å². The Morgan fingerprint density at radius 2 is 1.28 bits per heavy atom. The quantitative estimate of drug-likeness (QED) is 0.517. The molecule has 0 saturated carbocycles. The van der Waals surface area contributed by atoms with E-state index in [-0.39, 0.29) is 0 Å². The molecule has 0 atom stereocenters. The monoisotopic (exact) mass is 329 g/mol. The Morgan fingerprint density at radius 1 is 0.680 bits per heavy atom. The fraction of sp³-hybridized carbons (Fsp3) is 0.250. The molecule has 0 amide bonds. The minimum absolute atomic E-state index is 1.03. The first-order valence-electron chi connectivity index (χ1n) is 9.16. The van der Waals surface area contributed by atoms with Crippen LogP contribution in [-0.4, -0.2) is 13.1 Å². The van der Waals surface area contributed by atoms with Gasteiger partial charge in [-0.25, -0.2) is 0 Å². The van der Waals surface area contributed by atoms with Crippen LogP contribution in [0.15, 0.2) is 66.7 Å². The van der Waals surface area contributed by atoms with Crippen molar-refractivity contribution < 1.29 is 0 Å². The topological polar surface area (TPSA) is 3.24 Å². The molecule has 0 aliphatic carbocycles. The molecule has 128 valence electrons.